The van der Waals surface area contributed by atoms with Gasteiger partial charge in [-0.1, -0.05) is 46.3 Å². The van der Waals surface area contributed by atoms with Gasteiger partial charge in [0.1, 0.15) is 17.0 Å². The highest BCUT2D eigenvalue weighted by molar-refractivity contribution is 9.10. The second kappa shape index (κ2) is 8.04. The lowest BCUT2D eigenvalue weighted by Gasteiger charge is -2.14. The van der Waals surface area contributed by atoms with Gasteiger partial charge < -0.3 is 4.42 Å². The maximum atomic E-state index is 13.4. The highest BCUT2D eigenvalue weighted by Crippen LogP contribution is 2.42. The van der Waals surface area contributed by atoms with Gasteiger partial charge in [-0.3, -0.25) is 14.9 Å². The number of hydrogen-bond donors (Lipinski definition) is 0. The molecule has 0 bridgehead atoms. The van der Waals surface area contributed by atoms with E-state index < -0.39 is 4.92 Å². The van der Waals surface area contributed by atoms with E-state index in [9.17, 15) is 14.9 Å². The van der Waals surface area contributed by atoms with Gasteiger partial charge >= 0.3 is 5.69 Å². The van der Waals surface area contributed by atoms with Crippen LogP contribution >= 0.6 is 15.9 Å². The minimum absolute atomic E-state index is 0.129. The van der Waals surface area contributed by atoms with E-state index in [0.717, 1.165) is 4.47 Å². The van der Waals surface area contributed by atoms with Crippen LogP contribution in [0.2, 0.25) is 0 Å². The smallest absolute Gasteiger partial charge is 0.307 e. The zero-order chi connectivity index (χ0) is 21.3. The number of carbonyl (C=O) groups excluding carboxylic acids is 1. The molecule has 2 aromatic heterocycles. The molecule has 7 heteroatoms. The summed E-state index contributed by atoms with van der Waals surface area (Å²) in [6.45, 7) is 1.68. The number of ketones is 1. The number of nitrogens with zero attached hydrogens (tertiary/aromatic N) is 2. The van der Waals surface area contributed by atoms with Crippen LogP contribution in [0.15, 0.2) is 81.9 Å². The monoisotopic (exact) mass is 462 g/mol. The van der Waals surface area contributed by atoms with Gasteiger partial charge in [-0.2, -0.15) is 0 Å². The number of aromatic nitrogens is 1. The third-order valence-corrected chi connectivity index (χ3v) is 5.21. The van der Waals surface area contributed by atoms with Crippen molar-refractivity contribution in [3.05, 3.63) is 104 Å². The summed E-state index contributed by atoms with van der Waals surface area (Å²) in [4.78, 5) is 29.6. The summed E-state index contributed by atoms with van der Waals surface area (Å²) in [6, 6.07) is 18.9. The van der Waals surface area contributed by atoms with Crippen LogP contribution in [0.4, 0.5) is 5.69 Å². The molecule has 0 unspecified atom stereocenters. The van der Waals surface area contributed by atoms with Crippen molar-refractivity contribution in [2.24, 2.45) is 0 Å². The number of rotatable bonds is 5. The van der Waals surface area contributed by atoms with Crippen LogP contribution in [-0.4, -0.2) is 15.7 Å². The Morgan fingerprint density at radius 1 is 1.03 bits per heavy atom. The molecule has 4 aromatic rings. The lowest BCUT2D eigenvalue weighted by Crippen LogP contribution is -2.11. The summed E-state index contributed by atoms with van der Waals surface area (Å²) in [5.41, 5.74) is 1.58. The van der Waals surface area contributed by atoms with Crippen LogP contribution in [0.25, 0.3) is 22.6 Å². The zero-order valence-corrected chi connectivity index (χ0v) is 17.4. The van der Waals surface area contributed by atoms with Crippen LogP contribution in [0.3, 0.4) is 0 Å². The fraction of sp³-hybridized carbons (Fsp3) is 0.0435. The molecule has 6 nitrogen and oxygen atoms in total. The first-order valence-corrected chi connectivity index (χ1v) is 9.85. The number of benzene rings is 2. The molecular formula is C23H15BrN2O4. The molecule has 0 radical (unpaired) electrons. The second-order valence-corrected chi connectivity index (χ2v) is 7.50. The van der Waals surface area contributed by atoms with Gasteiger partial charge in [-0.25, -0.2) is 4.98 Å². The van der Waals surface area contributed by atoms with Crippen molar-refractivity contribution >= 4 is 27.4 Å². The van der Waals surface area contributed by atoms with E-state index in [4.69, 9.17) is 4.42 Å². The Morgan fingerprint density at radius 2 is 1.73 bits per heavy atom. The summed E-state index contributed by atoms with van der Waals surface area (Å²) in [5, 5.41) is 12.2. The molecule has 0 aliphatic rings. The van der Waals surface area contributed by atoms with E-state index in [0.29, 0.717) is 16.8 Å². The number of carbonyl (C=O) groups is 1. The summed E-state index contributed by atoms with van der Waals surface area (Å²) >= 11 is 3.35. The SMILES string of the molecule is Cc1nc(-c2ccccc2)c([N+](=O)[O-])c(-c2ccco2)c1C(=O)c1ccc(Br)cc1. The van der Waals surface area contributed by atoms with Crippen molar-refractivity contribution in [1.82, 2.24) is 4.98 Å². The van der Waals surface area contributed by atoms with E-state index in [1.807, 2.05) is 6.07 Å². The van der Waals surface area contributed by atoms with Crippen molar-refractivity contribution in [3.8, 4) is 22.6 Å². The largest absolute Gasteiger partial charge is 0.464 e. The van der Waals surface area contributed by atoms with Crippen molar-refractivity contribution in [2.45, 2.75) is 6.92 Å². The molecule has 0 N–H and O–H groups in total. The Balaban J connectivity index is 2.06. The number of hydrogen-bond acceptors (Lipinski definition) is 5. The quantitative estimate of drug-likeness (QED) is 0.199. The van der Waals surface area contributed by atoms with E-state index in [1.54, 1.807) is 67.6 Å². The van der Waals surface area contributed by atoms with Gasteiger partial charge in [-0.05, 0) is 43.3 Å². The molecule has 0 saturated carbocycles. The molecular weight excluding hydrogens is 448 g/mol. The van der Waals surface area contributed by atoms with Gasteiger partial charge in [0.15, 0.2) is 5.78 Å². The predicted molar refractivity (Wildman–Crippen MR) is 116 cm³/mol. The Kier molecular flexibility index (Phi) is 5.29. The zero-order valence-electron chi connectivity index (χ0n) is 15.8. The average Bonchev–Trinajstić information content (AvgIpc) is 3.28. The van der Waals surface area contributed by atoms with Crippen LogP contribution in [0, 0.1) is 17.0 Å². The third-order valence-electron chi connectivity index (χ3n) is 4.68. The average molecular weight is 463 g/mol. The standard InChI is InChI=1S/C23H15BrN2O4/c1-14-19(23(27)16-9-11-17(24)12-10-16)20(18-8-5-13-30-18)22(26(28)29)21(25-14)15-6-3-2-4-7-15/h2-13H,1H3. The summed E-state index contributed by atoms with van der Waals surface area (Å²) < 4.78 is 6.33. The predicted octanol–water partition coefficient (Wildman–Crippen LogP) is 6.22. The van der Waals surface area contributed by atoms with Crippen LogP contribution in [0.1, 0.15) is 21.6 Å². The Bertz CT molecular complexity index is 1230. The fourth-order valence-electron chi connectivity index (χ4n) is 3.35. The molecule has 0 aliphatic heterocycles. The Labute approximate surface area is 180 Å². The number of furan rings is 1. The lowest BCUT2D eigenvalue weighted by molar-refractivity contribution is -0.383. The Morgan fingerprint density at radius 3 is 2.33 bits per heavy atom. The van der Waals surface area contributed by atoms with Crippen molar-refractivity contribution in [3.63, 3.8) is 0 Å². The maximum Gasteiger partial charge on any atom is 0.307 e. The van der Waals surface area contributed by atoms with Gasteiger partial charge in [0.05, 0.1) is 22.4 Å². The van der Waals surface area contributed by atoms with E-state index in [2.05, 4.69) is 20.9 Å². The minimum Gasteiger partial charge on any atom is -0.464 e. The molecule has 0 saturated heterocycles. The minimum atomic E-state index is -0.509. The Hall–Kier alpha value is -3.58. The van der Waals surface area contributed by atoms with Crippen LogP contribution in [-0.2, 0) is 0 Å². The van der Waals surface area contributed by atoms with Crippen LogP contribution < -0.4 is 0 Å². The topological polar surface area (TPSA) is 86.2 Å². The van der Waals surface area contributed by atoms with E-state index in [1.165, 1.54) is 6.26 Å². The van der Waals surface area contributed by atoms with E-state index >= 15 is 0 Å². The number of aryl methyl sites for hydroxylation is 1. The van der Waals surface area contributed by atoms with Gasteiger partial charge in [0.25, 0.3) is 0 Å². The highest BCUT2D eigenvalue weighted by atomic mass is 79.9. The molecule has 2 aromatic carbocycles. The molecule has 0 aliphatic carbocycles. The molecule has 0 fully saturated rings. The number of pyridine rings is 1. The van der Waals surface area contributed by atoms with Crippen molar-refractivity contribution < 1.29 is 14.1 Å². The van der Waals surface area contributed by atoms with Gasteiger partial charge in [-0.15, -0.1) is 0 Å². The lowest BCUT2D eigenvalue weighted by atomic mass is 9.92. The molecule has 2 heterocycles. The number of nitro groups is 1. The first kappa shape index (κ1) is 19.7. The first-order chi connectivity index (χ1) is 14.5. The summed E-state index contributed by atoms with van der Waals surface area (Å²) in [6.07, 6.45) is 1.42. The van der Waals surface area contributed by atoms with Gasteiger partial charge in [0.2, 0.25) is 0 Å². The molecule has 0 spiro atoms. The molecule has 0 amide bonds. The highest BCUT2D eigenvalue weighted by Gasteiger charge is 2.33. The summed E-state index contributed by atoms with van der Waals surface area (Å²) in [7, 11) is 0. The molecule has 4 rings (SSSR count). The normalized spacial score (nSPS) is 10.7. The third kappa shape index (κ3) is 3.55. The van der Waals surface area contributed by atoms with Crippen molar-refractivity contribution in [1.29, 1.82) is 0 Å². The second-order valence-electron chi connectivity index (χ2n) is 6.58. The van der Waals surface area contributed by atoms with E-state index in [-0.39, 0.29) is 34.1 Å². The maximum absolute atomic E-state index is 13.4. The molecule has 148 valence electrons. The molecule has 30 heavy (non-hydrogen) atoms. The first-order valence-electron chi connectivity index (χ1n) is 9.06. The van der Waals surface area contributed by atoms with Crippen molar-refractivity contribution in [2.75, 3.05) is 0 Å². The molecule has 0 atom stereocenters. The fourth-order valence-corrected chi connectivity index (χ4v) is 3.62. The summed E-state index contributed by atoms with van der Waals surface area (Å²) in [5.74, 6) is -0.119. The van der Waals surface area contributed by atoms with Crippen LogP contribution in [0.5, 0.6) is 0 Å². The van der Waals surface area contributed by atoms with Gasteiger partial charge in [0, 0.05) is 15.6 Å². The number of halogens is 1.